The fourth-order valence-corrected chi connectivity index (χ4v) is 11.7. The van der Waals surface area contributed by atoms with Gasteiger partial charge in [-0.1, -0.05) is 62.4 Å². The summed E-state index contributed by atoms with van der Waals surface area (Å²) in [6, 6.07) is 11.2. The standard InChI is InChI=1S/C46H60IN11O6S2/c1-25-10-7-17-36-29(25)22-37(66-36)44-56-34(24-65-44)45(64)58-19-9-16-35(58)43(63)55-32(20-26-11-3-2-4-12-26)41(61)54-33(21-27-23-52-30-14-6-5-13-28(27)30)42(62)53-31(15-8-18-51-46(49)50)40(60)57-38(47)39(48)59/h5-7,10,13-14,17,22-23,26,31-35,38,46,51-52H,2-4,8-9,11-12,15-16,18-21,24,49-50H2,1H3,(H2,48,59)(H,53,62)(H,54,61)(H,55,63)(H,57,60)/t31-,32+,33-,34-,35-,38+/m0/s1. The topological polar surface area (TPSA) is 272 Å². The number of alkyl halides is 1. The van der Waals surface area contributed by atoms with Crippen LogP contribution in [0.25, 0.3) is 21.0 Å². The molecule has 1 saturated carbocycles. The molecular formula is C46H60IN11O6S2. The molecule has 2 aliphatic heterocycles. The first-order valence-corrected chi connectivity index (χ1v) is 25.8. The number of aromatic amines is 1. The summed E-state index contributed by atoms with van der Waals surface area (Å²) in [6.45, 7) is 2.82. The van der Waals surface area contributed by atoms with Gasteiger partial charge in [-0.3, -0.25) is 39.1 Å². The molecule has 4 aromatic rings. The number of aryl methyl sites for hydroxylation is 1. The van der Waals surface area contributed by atoms with Gasteiger partial charge >= 0.3 is 0 Å². The fraction of sp³-hybridized carbons (Fsp3) is 0.500. The number of benzene rings is 2. The Balaban J connectivity index is 1.10. The van der Waals surface area contributed by atoms with Crippen LogP contribution in [-0.4, -0.2) is 110 Å². The Morgan fingerprint density at radius 2 is 1.62 bits per heavy atom. The summed E-state index contributed by atoms with van der Waals surface area (Å²) >= 11 is 4.91. The zero-order valence-electron chi connectivity index (χ0n) is 37.0. The molecule has 2 aromatic heterocycles. The van der Waals surface area contributed by atoms with Gasteiger partial charge in [0.1, 0.15) is 41.5 Å². The molecule has 3 aliphatic rings. The van der Waals surface area contributed by atoms with Crippen LogP contribution in [0.3, 0.4) is 0 Å². The second-order valence-corrected chi connectivity index (χ2v) is 20.8. The molecule has 0 bridgehead atoms. The minimum absolute atomic E-state index is 0.0493. The Labute approximate surface area is 405 Å². The third-order valence-corrected chi connectivity index (χ3v) is 15.9. The fourth-order valence-electron chi connectivity index (χ4n) is 9.11. The number of para-hydroxylation sites is 1. The van der Waals surface area contributed by atoms with Crippen molar-refractivity contribution in [3.8, 4) is 0 Å². The number of nitrogens with zero attached hydrogens (tertiary/aromatic N) is 2. The van der Waals surface area contributed by atoms with E-state index in [0.717, 1.165) is 63.2 Å². The van der Waals surface area contributed by atoms with Crippen LogP contribution in [0, 0.1) is 12.8 Å². The van der Waals surface area contributed by atoms with E-state index in [-0.39, 0.29) is 24.7 Å². The summed E-state index contributed by atoms with van der Waals surface area (Å²) in [5, 5.41) is 17.1. The number of aliphatic imine (C=N–C) groups is 1. The number of hydrogen-bond donors (Lipinski definition) is 9. The first-order valence-electron chi connectivity index (χ1n) is 22.7. The first kappa shape index (κ1) is 49.3. The Bertz CT molecular complexity index is 2440. The quantitative estimate of drug-likeness (QED) is 0.0205. The molecule has 7 rings (SSSR count). The highest BCUT2D eigenvalue weighted by molar-refractivity contribution is 14.1. The van der Waals surface area contributed by atoms with Crippen molar-refractivity contribution in [3.63, 3.8) is 0 Å². The van der Waals surface area contributed by atoms with Crippen LogP contribution in [0.15, 0.2) is 59.7 Å². The second-order valence-electron chi connectivity index (χ2n) is 17.4. The number of fused-ring (bicyclic) bond motifs is 2. The number of primary amides is 1. The lowest BCUT2D eigenvalue weighted by Crippen LogP contribution is -2.59. The summed E-state index contributed by atoms with van der Waals surface area (Å²) < 4.78 is 0.123. The number of nitrogens with one attached hydrogen (secondary N) is 6. The molecule has 6 amide bonds. The number of carbonyl (C=O) groups is 6. The number of nitrogens with two attached hydrogens (primary N) is 3. The van der Waals surface area contributed by atoms with Crippen LogP contribution < -0.4 is 43.8 Å². The van der Waals surface area contributed by atoms with Crippen LogP contribution in [-0.2, 0) is 35.2 Å². The van der Waals surface area contributed by atoms with Gasteiger partial charge in [0.25, 0.3) is 0 Å². The Kier molecular flexibility index (Phi) is 17.1. The smallest absolute Gasteiger partial charge is 0.250 e. The molecule has 0 radical (unpaired) electrons. The monoisotopic (exact) mass is 1050 g/mol. The minimum atomic E-state index is -1.19. The Hall–Kier alpha value is -4.61. The van der Waals surface area contributed by atoms with Crippen molar-refractivity contribution in [3.05, 3.63) is 70.7 Å². The number of likely N-dealkylation sites (tertiary alicyclic amines) is 1. The van der Waals surface area contributed by atoms with Crippen molar-refractivity contribution in [1.82, 2.24) is 36.5 Å². The lowest BCUT2D eigenvalue weighted by atomic mass is 9.84. The lowest BCUT2D eigenvalue weighted by Gasteiger charge is -2.31. The van der Waals surface area contributed by atoms with Crippen molar-refractivity contribution in [2.75, 3.05) is 18.8 Å². The summed E-state index contributed by atoms with van der Waals surface area (Å²) in [5.41, 5.74) is 19.5. The molecule has 0 unspecified atom stereocenters. The molecule has 12 N–H and O–H groups in total. The molecule has 354 valence electrons. The number of carbonyl (C=O) groups excluding carboxylic acids is 6. The van der Waals surface area contributed by atoms with Crippen molar-refractivity contribution in [2.45, 2.75) is 118 Å². The van der Waals surface area contributed by atoms with E-state index in [1.807, 2.05) is 30.3 Å². The van der Waals surface area contributed by atoms with Crippen LogP contribution in [0.5, 0.6) is 0 Å². The van der Waals surface area contributed by atoms with Crippen molar-refractivity contribution >= 4 is 107 Å². The number of rotatable bonds is 20. The van der Waals surface area contributed by atoms with Crippen LogP contribution in [0.1, 0.15) is 80.2 Å². The van der Waals surface area contributed by atoms with Gasteiger partial charge in [-0.2, -0.15) is 0 Å². The number of hydrogen-bond acceptors (Lipinski definition) is 12. The van der Waals surface area contributed by atoms with Gasteiger partial charge in [0.2, 0.25) is 35.4 Å². The molecule has 2 aromatic carbocycles. The highest BCUT2D eigenvalue weighted by Gasteiger charge is 2.41. The Morgan fingerprint density at radius 1 is 0.879 bits per heavy atom. The average molecular weight is 1050 g/mol. The molecule has 1 saturated heterocycles. The van der Waals surface area contributed by atoms with Gasteiger partial charge in [0.05, 0.1) is 4.88 Å². The van der Waals surface area contributed by atoms with E-state index in [1.165, 1.54) is 10.9 Å². The van der Waals surface area contributed by atoms with Gasteiger partial charge in [-0.15, -0.1) is 23.1 Å². The number of H-pyrrole nitrogens is 1. The van der Waals surface area contributed by atoms with E-state index in [9.17, 15) is 28.8 Å². The van der Waals surface area contributed by atoms with Crippen LogP contribution >= 0.6 is 45.7 Å². The molecule has 6 atom stereocenters. The van der Waals surface area contributed by atoms with E-state index in [1.54, 1.807) is 56.8 Å². The predicted octanol–water partition coefficient (Wildman–Crippen LogP) is 3.14. The maximum Gasteiger partial charge on any atom is 0.250 e. The zero-order chi connectivity index (χ0) is 46.9. The largest absolute Gasteiger partial charge is 0.367 e. The maximum atomic E-state index is 14.7. The van der Waals surface area contributed by atoms with Crippen LogP contribution in [0.2, 0.25) is 0 Å². The summed E-state index contributed by atoms with van der Waals surface area (Å²) in [5.74, 6) is -2.58. The molecule has 2 fully saturated rings. The summed E-state index contributed by atoms with van der Waals surface area (Å²) in [7, 11) is 0. The van der Waals surface area contributed by atoms with E-state index in [4.69, 9.17) is 22.2 Å². The molecule has 1 aliphatic carbocycles. The van der Waals surface area contributed by atoms with Gasteiger partial charge in [-0.25, -0.2) is 0 Å². The molecule has 4 heterocycles. The maximum absolute atomic E-state index is 14.7. The highest BCUT2D eigenvalue weighted by Crippen LogP contribution is 2.35. The predicted molar refractivity (Wildman–Crippen MR) is 268 cm³/mol. The number of amides is 6. The lowest BCUT2D eigenvalue weighted by molar-refractivity contribution is -0.140. The van der Waals surface area contributed by atoms with Gasteiger partial charge < -0.3 is 48.4 Å². The summed E-state index contributed by atoms with van der Waals surface area (Å²) in [6.07, 6.45) is 7.90. The van der Waals surface area contributed by atoms with Gasteiger partial charge in [0.15, 0.2) is 4.05 Å². The van der Waals surface area contributed by atoms with Crippen molar-refractivity contribution in [1.29, 1.82) is 0 Å². The minimum Gasteiger partial charge on any atom is -0.367 e. The molecule has 0 spiro atoms. The van der Waals surface area contributed by atoms with E-state index in [0.29, 0.717) is 44.5 Å². The number of aromatic nitrogens is 1. The van der Waals surface area contributed by atoms with Crippen molar-refractivity contribution < 1.29 is 28.8 Å². The zero-order valence-corrected chi connectivity index (χ0v) is 40.8. The van der Waals surface area contributed by atoms with Gasteiger partial charge in [-0.05, 0) is 109 Å². The number of thiophene rings is 1. The molecule has 20 heteroatoms. The number of halogens is 1. The average Bonchev–Trinajstić information content (AvgIpc) is 4.14. The molecule has 17 nitrogen and oxygen atoms in total. The van der Waals surface area contributed by atoms with Gasteiger partial charge in [0, 0.05) is 40.5 Å². The second kappa shape index (κ2) is 22.9. The van der Waals surface area contributed by atoms with E-state index >= 15 is 0 Å². The third kappa shape index (κ3) is 12.5. The first-order chi connectivity index (χ1) is 31.7. The normalized spacial score (nSPS) is 19.6. The molecule has 66 heavy (non-hydrogen) atoms. The van der Waals surface area contributed by atoms with E-state index < -0.39 is 70.1 Å². The third-order valence-electron chi connectivity index (χ3n) is 12.6. The Morgan fingerprint density at radius 3 is 2.38 bits per heavy atom. The summed E-state index contributed by atoms with van der Waals surface area (Å²) in [4.78, 5) is 93.8. The number of thioether (sulfide) groups is 1. The molecular weight excluding hydrogens is 994 g/mol. The van der Waals surface area contributed by atoms with Crippen molar-refractivity contribution in [2.24, 2.45) is 28.1 Å². The SMILES string of the molecule is Cc1cccc2sc(C3=N[C@H](C(=O)N4CCC[C@H]4C(=O)N[C@H](CC4CCCCC4)C(=O)N[C@@H](Cc4c[nH]c5ccccc45)C(=O)N[C@@H](CCCNC(N)N)C(=O)N[C@@H](I)C(N)=O)CS3)cc12. The van der Waals surface area contributed by atoms with Crippen LogP contribution in [0.4, 0.5) is 0 Å². The highest BCUT2D eigenvalue weighted by atomic mass is 127. The van der Waals surface area contributed by atoms with E-state index in [2.05, 4.69) is 56.7 Å².